The molecule has 3 rings (SSSR count). The Morgan fingerprint density at radius 3 is 1.81 bits per heavy atom. The summed E-state index contributed by atoms with van der Waals surface area (Å²) in [5.41, 5.74) is -1.89. The molecule has 1 aliphatic rings. The summed E-state index contributed by atoms with van der Waals surface area (Å²) < 4.78 is 125. The van der Waals surface area contributed by atoms with E-state index < -0.39 is 82.2 Å². The summed E-state index contributed by atoms with van der Waals surface area (Å²) in [6, 6.07) is 1.12. The summed E-state index contributed by atoms with van der Waals surface area (Å²) in [5.74, 6) is -23.6. The fraction of sp³-hybridized carbons (Fsp3) is 0.0667. The Kier molecular flexibility index (Phi) is 4.62. The van der Waals surface area contributed by atoms with Gasteiger partial charge in [0.15, 0.2) is 23.2 Å². The third kappa shape index (κ3) is 2.74. The van der Waals surface area contributed by atoms with Gasteiger partial charge >= 0.3 is 7.12 Å². The van der Waals surface area contributed by atoms with Crippen LogP contribution in [0.4, 0.5) is 39.5 Å². The van der Waals surface area contributed by atoms with Gasteiger partial charge in [0.2, 0.25) is 29.1 Å². The molecule has 0 fully saturated rings. The molecule has 1 atom stereocenters. The van der Waals surface area contributed by atoms with Crippen LogP contribution in [0.15, 0.2) is 18.0 Å². The van der Waals surface area contributed by atoms with Crippen molar-refractivity contribution in [2.75, 3.05) is 0 Å². The van der Waals surface area contributed by atoms with Crippen molar-refractivity contribution >= 4 is 12.9 Å². The van der Waals surface area contributed by atoms with E-state index in [1.54, 1.807) is 0 Å². The summed E-state index contributed by atoms with van der Waals surface area (Å²) in [7, 11) is -2.74. The predicted molar refractivity (Wildman–Crippen MR) is 73.1 cm³/mol. The van der Waals surface area contributed by atoms with Gasteiger partial charge in [-0.15, -0.1) is 0 Å². The van der Waals surface area contributed by atoms with Crippen molar-refractivity contribution in [2.24, 2.45) is 0 Å². The third-order valence-electron chi connectivity index (χ3n) is 3.86. The Morgan fingerprint density at radius 2 is 1.26 bits per heavy atom. The van der Waals surface area contributed by atoms with Gasteiger partial charge < -0.3 is 9.68 Å². The van der Waals surface area contributed by atoms with Crippen LogP contribution in [0.25, 0.3) is 5.83 Å². The first kappa shape index (κ1) is 19.1. The normalized spacial score (nSPS) is 16.0. The zero-order chi connectivity index (χ0) is 20.2. The fourth-order valence-electron chi connectivity index (χ4n) is 2.60. The number of fused-ring (bicyclic) bond motifs is 1. The molecule has 0 spiro atoms. The lowest BCUT2D eigenvalue weighted by molar-refractivity contribution is 0.322. The Morgan fingerprint density at radius 1 is 0.741 bits per heavy atom. The Balaban J connectivity index is 2.05. The van der Waals surface area contributed by atoms with Crippen LogP contribution in [0.5, 0.6) is 5.75 Å². The molecule has 2 nitrogen and oxygen atoms in total. The van der Waals surface area contributed by atoms with Gasteiger partial charge in [0.1, 0.15) is 5.83 Å². The van der Waals surface area contributed by atoms with Crippen LogP contribution in [0.3, 0.4) is 0 Å². The molecule has 0 bridgehead atoms. The third-order valence-corrected chi connectivity index (χ3v) is 3.86. The second-order valence-corrected chi connectivity index (χ2v) is 5.37. The minimum atomic E-state index is -2.74. The minimum Gasteiger partial charge on any atom is -0.531 e. The number of benzene rings is 2. The van der Waals surface area contributed by atoms with E-state index >= 15 is 0 Å². The van der Waals surface area contributed by atoms with Crippen molar-refractivity contribution in [1.82, 2.24) is 0 Å². The second kappa shape index (κ2) is 6.52. The lowest BCUT2D eigenvalue weighted by Gasteiger charge is -2.18. The Labute approximate surface area is 144 Å². The van der Waals surface area contributed by atoms with Crippen molar-refractivity contribution in [2.45, 2.75) is 5.82 Å². The average Bonchev–Trinajstić information content (AvgIpc) is 2.89. The molecule has 1 aliphatic carbocycles. The smallest absolute Gasteiger partial charge is 0.531 e. The molecule has 0 radical (unpaired) electrons. The molecule has 0 saturated carbocycles. The van der Waals surface area contributed by atoms with Gasteiger partial charge in [-0.05, 0) is 11.6 Å². The molecule has 0 aromatic heterocycles. The first-order chi connectivity index (χ1) is 12.6. The molecule has 142 valence electrons. The zero-order valence-corrected chi connectivity index (χ0v) is 12.6. The quantitative estimate of drug-likeness (QED) is 0.358. The van der Waals surface area contributed by atoms with E-state index in [-0.39, 0.29) is 0 Å². The van der Waals surface area contributed by atoms with Gasteiger partial charge in [-0.3, -0.25) is 0 Å². The van der Waals surface area contributed by atoms with Crippen LogP contribution in [0.2, 0.25) is 0 Å². The van der Waals surface area contributed by atoms with Crippen LogP contribution < -0.4 is 4.65 Å². The number of allylic oxidation sites excluding steroid dienone is 1. The first-order valence-electron chi connectivity index (χ1n) is 6.97. The molecule has 12 heteroatoms. The molecule has 0 amide bonds. The SMILES string of the molecule is OB(Oc1c(F)c(F)c(F)c(F)c1F)C1C(F)=C(F)c2c1ccc(F)c2F. The minimum absolute atomic E-state index is 0.457. The molecule has 1 unspecified atom stereocenters. The van der Waals surface area contributed by atoms with E-state index in [1.165, 1.54) is 0 Å². The standard InChI is InChI=1S/C15H4BF9O2/c17-4-2-1-3-5(7(4)18)8(19)9(20)6(3)16(26)27-15-13(24)11(22)10(21)12(23)14(15)25/h1-2,6,26H. The van der Waals surface area contributed by atoms with Gasteiger partial charge in [-0.1, -0.05) is 6.07 Å². The lowest BCUT2D eigenvalue weighted by atomic mass is 9.69. The van der Waals surface area contributed by atoms with Crippen LogP contribution in [0, 0.1) is 40.7 Å². The van der Waals surface area contributed by atoms with E-state index in [0.717, 1.165) is 0 Å². The molecule has 1 N–H and O–H groups in total. The summed E-state index contributed by atoms with van der Waals surface area (Å²) in [6.45, 7) is 0. The molecular formula is C15H4BF9O2. The van der Waals surface area contributed by atoms with Crippen LogP contribution >= 0.6 is 0 Å². The maximum Gasteiger partial charge on any atom is 0.538 e. The van der Waals surface area contributed by atoms with Crippen molar-refractivity contribution in [3.63, 3.8) is 0 Å². The maximum absolute atomic E-state index is 14.0. The van der Waals surface area contributed by atoms with E-state index in [4.69, 9.17) is 0 Å². The topological polar surface area (TPSA) is 29.5 Å². The zero-order valence-electron chi connectivity index (χ0n) is 12.6. The van der Waals surface area contributed by atoms with Crippen molar-refractivity contribution in [1.29, 1.82) is 0 Å². The van der Waals surface area contributed by atoms with Gasteiger partial charge in [0.05, 0.1) is 11.4 Å². The summed E-state index contributed by atoms with van der Waals surface area (Å²) >= 11 is 0. The van der Waals surface area contributed by atoms with Crippen molar-refractivity contribution in [3.8, 4) is 5.75 Å². The van der Waals surface area contributed by atoms with E-state index in [9.17, 15) is 44.5 Å². The molecule has 2 aromatic carbocycles. The highest BCUT2D eigenvalue weighted by atomic mass is 19.2. The highest BCUT2D eigenvalue weighted by Gasteiger charge is 2.46. The van der Waals surface area contributed by atoms with Crippen LogP contribution in [-0.4, -0.2) is 12.1 Å². The van der Waals surface area contributed by atoms with Crippen molar-refractivity contribution in [3.05, 3.63) is 69.8 Å². The summed E-state index contributed by atoms with van der Waals surface area (Å²) in [6.07, 6.45) is 0. The van der Waals surface area contributed by atoms with Gasteiger partial charge in [0.25, 0.3) is 0 Å². The largest absolute Gasteiger partial charge is 0.538 e. The van der Waals surface area contributed by atoms with Crippen LogP contribution in [0.1, 0.15) is 16.9 Å². The Hall–Kier alpha value is -2.63. The van der Waals surface area contributed by atoms with E-state index in [1.807, 2.05) is 0 Å². The number of rotatable bonds is 3. The first-order valence-corrected chi connectivity index (χ1v) is 6.97. The van der Waals surface area contributed by atoms with Gasteiger partial charge in [-0.2, -0.15) is 8.78 Å². The van der Waals surface area contributed by atoms with E-state index in [2.05, 4.69) is 4.65 Å². The summed E-state index contributed by atoms with van der Waals surface area (Å²) in [4.78, 5) is 0. The van der Waals surface area contributed by atoms with E-state index in [0.29, 0.717) is 12.1 Å². The highest BCUT2D eigenvalue weighted by molar-refractivity contribution is 6.47. The molecule has 0 saturated heterocycles. The molecular weight excluding hydrogens is 394 g/mol. The van der Waals surface area contributed by atoms with Gasteiger partial charge in [0, 0.05) is 0 Å². The number of hydrogen-bond acceptors (Lipinski definition) is 2. The molecule has 27 heavy (non-hydrogen) atoms. The lowest BCUT2D eigenvalue weighted by Crippen LogP contribution is -2.32. The average molecular weight is 398 g/mol. The number of hydrogen-bond donors (Lipinski definition) is 1. The highest BCUT2D eigenvalue weighted by Crippen LogP contribution is 2.46. The monoisotopic (exact) mass is 398 g/mol. The van der Waals surface area contributed by atoms with Gasteiger partial charge in [-0.25, -0.2) is 30.7 Å². The van der Waals surface area contributed by atoms with Crippen LogP contribution in [-0.2, 0) is 0 Å². The Bertz CT molecular complexity index is 963. The fourth-order valence-corrected chi connectivity index (χ4v) is 2.60. The maximum atomic E-state index is 14.0. The molecule has 0 heterocycles. The van der Waals surface area contributed by atoms with Crippen molar-refractivity contribution < 1.29 is 49.2 Å². The summed E-state index contributed by atoms with van der Waals surface area (Å²) in [5, 5.41) is 9.85. The predicted octanol–water partition coefficient (Wildman–Crippen LogP) is 4.46. The molecule has 0 aliphatic heterocycles. The molecule has 2 aromatic rings. The second-order valence-electron chi connectivity index (χ2n) is 5.37. The number of halogens is 9.